The summed E-state index contributed by atoms with van der Waals surface area (Å²) in [6, 6.07) is 5.83. The number of nitro benzene ring substituents is 1. The maximum absolute atomic E-state index is 12.3. The van der Waals surface area contributed by atoms with Crippen LogP contribution in [0.25, 0.3) is 0 Å². The van der Waals surface area contributed by atoms with Crippen molar-refractivity contribution in [2.24, 2.45) is 0 Å². The fourth-order valence-electron chi connectivity index (χ4n) is 1.48. The minimum absolute atomic E-state index is 0.00108. The molecule has 1 aromatic carbocycles. The number of thioether (sulfide) groups is 1. The number of tetrazole rings is 1. The highest BCUT2D eigenvalue weighted by Gasteiger charge is 2.30. The Morgan fingerprint density at radius 1 is 1.38 bits per heavy atom. The second kappa shape index (κ2) is 6.08. The quantitative estimate of drug-likeness (QED) is 0.478. The summed E-state index contributed by atoms with van der Waals surface area (Å²) in [5, 5.41) is 20.6. The second-order valence-electron chi connectivity index (χ2n) is 3.95. The molecule has 112 valence electrons. The molecule has 0 amide bonds. The van der Waals surface area contributed by atoms with Crippen LogP contribution in [0.3, 0.4) is 0 Å². The van der Waals surface area contributed by atoms with Crippen LogP contribution in [-0.2, 0) is 12.3 Å². The van der Waals surface area contributed by atoms with E-state index in [1.807, 2.05) is 0 Å². The summed E-state index contributed by atoms with van der Waals surface area (Å²) >= 11 is 0.972. The number of aromatic nitrogens is 4. The van der Waals surface area contributed by atoms with E-state index in [0.717, 1.165) is 11.8 Å². The Morgan fingerprint density at radius 3 is 2.81 bits per heavy atom. The van der Waals surface area contributed by atoms with E-state index in [2.05, 4.69) is 15.5 Å². The maximum Gasteiger partial charge on any atom is 0.408 e. The summed E-state index contributed by atoms with van der Waals surface area (Å²) in [5.41, 5.74) is 0.513. The summed E-state index contributed by atoms with van der Waals surface area (Å²) < 4.78 is 37.6. The van der Waals surface area contributed by atoms with Gasteiger partial charge in [-0.3, -0.25) is 10.1 Å². The van der Waals surface area contributed by atoms with E-state index in [-0.39, 0.29) is 16.6 Å². The van der Waals surface area contributed by atoms with Crippen molar-refractivity contribution in [2.75, 3.05) is 0 Å². The lowest BCUT2D eigenvalue weighted by Crippen LogP contribution is -2.19. The molecule has 0 aliphatic carbocycles. The molecule has 0 N–H and O–H groups in total. The minimum Gasteiger partial charge on any atom is -0.258 e. The number of hydrogen-bond acceptors (Lipinski definition) is 6. The molecule has 2 aromatic rings. The fourth-order valence-corrected chi connectivity index (χ4v) is 2.30. The van der Waals surface area contributed by atoms with Crippen LogP contribution in [0.15, 0.2) is 29.4 Å². The predicted octanol–water partition coefficient (Wildman–Crippen LogP) is 2.44. The zero-order valence-electron chi connectivity index (χ0n) is 10.3. The van der Waals surface area contributed by atoms with Crippen LogP contribution in [0.2, 0.25) is 0 Å². The van der Waals surface area contributed by atoms with Crippen molar-refractivity contribution in [3.63, 3.8) is 0 Å². The molecule has 0 saturated heterocycles. The molecule has 0 atom stereocenters. The monoisotopic (exact) mass is 319 g/mol. The SMILES string of the molecule is O=[N+]([O-])c1cccc(CSc2nnnn2CC(F)(F)F)c1. The molecule has 0 aliphatic heterocycles. The van der Waals surface area contributed by atoms with E-state index in [0.29, 0.717) is 10.2 Å². The summed E-state index contributed by atoms with van der Waals surface area (Å²) in [6.07, 6.45) is -4.42. The van der Waals surface area contributed by atoms with Crippen LogP contribution in [0.5, 0.6) is 0 Å². The molecule has 1 aromatic heterocycles. The van der Waals surface area contributed by atoms with Crippen molar-refractivity contribution in [1.82, 2.24) is 20.2 Å². The van der Waals surface area contributed by atoms with E-state index >= 15 is 0 Å². The van der Waals surface area contributed by atoms with E-state index in [1.165, 1.54) is 18.2 Å². The van der Waals surface area contributed by atoms with Gasteiger partial charge in [-0.25, -0.2) is 4.68 Å². The fraction of sp³-hybridized carbons (Fsp3) is 0.300. The first-order valence-electron chi connectivity index (χ1n) is 5.54. The van der Waals surface area contributed by atoms with Gasteiger partial charge in [0.15, 0.2) is 0 Å². The number of halogens is 3. The number of alkyl halides is 3. The third-order valence-electron chi connectivity index (χ3n) is 2.32. The van der Waals surface area contributed by atoms with Gasteiger partial charge in [0, 0.05) is 17.9 Å². The first-order valence-corrected chi connectivity index (χ1v) is 6.53. The van der Waals surface area contributed by atoms with E-state index in [4.69, 9.17) is 0 Å². The Kier molecular flexibility index (Phi) is 4.40. The largest absolute Gasteiger partial charge is 0.408 e. The van der Waals surface area contributed by atoms with Crippen LogP contribution in [0.4, 0.5) is 18.9 Å². The molecule has 0 radical (unpaired) electrons. The topological polar surface area (TPSA) is 86.7 Å². The van der Waals surface area contributed by atoms with Gasteiger partial charge in [0.2, 0.25) is 5.16 Å². The smallest absolute Gasteiger partial charge is 0.258 e. The lowest BCUT2D eigenvalue weighted by molar-refractivity contribution is -0.384. The molecule has 0 fully saturated rings. The van der Waals surface area contributed by atoms with E-state index in [1.54, 1.807) is 6.07 Å². The lowest BCUT2D eigenvalue weighted by Gasteiger charge is -2.07. The summed E-state index contributed by atoms with van der Waals surface area (Å²) in [5.74, 6) is 0.222. The van der Waals surface area contributed by atoms with Crippen LogP contribution in [0.1, 0.15) is 5.56 Å². The van der Waals surface area contributed by atoms with Gasteiger partial charge in [0.1, 0.15) is 6.54 Å². The Bertz CT molecular complexity index is 646. The molecular formula is C10H8F3N5O2S. The Morgan fingerprint density at radius 2 is 2.14 bits per heavy atom. The van der Waals surface area contributed by atoms with E-state index < -0.39 is 17.6 Å². The van der Waals surface area contributed by atoms with Crippen molar-refractivity contribution in [2.45, 2.75) is 23.6 Å². The van der Waals surface area contributed by atoms with Gasteiger partial charge in [0.05, 0.1) is 4.92 Å². The number of nitrogens with zero attached hydrogens (tertiary/aromatic N) is 5. The molecular weight excluding hydrogens is 311 g/mol. The lowest BCUT2D eigenvalue weighted by atomic mass is 10.2. The minimum atomic E-state index is -4.42. The van der Waals surface area contributed by atoms with Crippen LogP contribution in [0, 0.1) is 10.1 Å². The molecule has 7 nitrogen and oxygen atoms in total. The molecule has 0 saturated carbocycles. The van der Waals surface area contributed by atoms with Gasteiger partial charge in [0.25, 0.3) is 5.69 Å². The van der Waals surface area contributed by atoms with Crippen LogP contribution in [-0.4, -0.2) is 31.3 Å². The molecule has 21 heavy (non-hydrogen) atoms. The molecule has 2 rings (SSSR count). The summed E-state index contributed by atoms with van der Waals surface area (Å²) in [7, 11) is 0. The van der Waals surface area contributed by atoms with Crippen molar-refractivity contribution in [3.05, 3.63) is 39.9 Å². The number of benzene rings is 1. The highest BCUT2D eigenvalue weighted by Crippen LogP contribution is 2.25. The molecule has 0 spiro atoms. The summed E-state index contributed by atoms with van der Waals surface area (Å²) in [6.45, 7) is -1.28. The van der Waals surface area contributed by atoms with Crippen molar-refractivity contribution >= 4 is 17.4 Å². The first-order chi connectivity index (χ1) is 9.85. The van der Waals surface area contributed by atoms with Crippen molar-refractivity contribution in [1.29, 1.82) is 0 Å². The van der Waals surface area contributed by atoms with Gasteiger partial charge in [-0.1, -0.05) is 23.9 Å². The Hall–Kier alpha value is -2.17. The standard InChI is InChI=1S/C10H8F3N5O2S/c11-10(12,13)6-17-9(14-15-16-17)21-5-7-2-1-3-8(4-7)18(19)20/h1-4H,5-6H2. The summed E-state index contributed by atoms with van der Waals surface area (Å²) in [4.78, 5) is 10.1. The van der Waals surface area contributed by atoms with Crippen LogP contribution < -0.4 is 0 Å². The first kappa shape index (κ1) is 15.2. The van der Waals surface area contributed by atoms with Crippen molar-refractivity contribution in [3.8, 4) is 0 Å². The number of non-ortho nitro benzene ring substituents is 1. The highest BCUT2D eigenvalue weighted by molar-refractivity contribution is 7.98. The molecule has 0 bridgehead atoms. The Balaban J connectivity index is 2.05. The third kappa shape index (κ3) is 4.41. The van der Waals surface area contributed by atoms with Gasteiger partial charge in [-0.2, -0.15) is 13.2 Å². The normalized spacial score (nSPS) is 11.6. The average Bonchev–Trinajstić information content (AvgIpc) is 2.81. The van der Waals surface area contributed by atoms with Gasteiger partial charge in [-0.15, -0.1) is 5.10 Å². The molecule has 1 heterocycles. The predicted molar refractivity (Wildman–Crippen MR) is 66.5 cm³/mol. The average molecular weight is 319 g/mol. The Labute approximate surface area is 120 Å². The zero-order valence-corrected chi connectivity index (χ0v) is 11.1. The number of hydrogen-bond donors (Lipinski definition) is 0. The number of nitro groups is 1. The zero-order chi connectivity index (χ0) is 15.5. The molecule has 0 unspecified atom stereocenters. The second-order valence-corrected chi connectivity index (χ2v) is 4.89. The number of rotatable bonds is 5. The maximum atomic E-state index is 12.3. The van der Waals surface area contributed by atoms with Gasteiger partial charge in [-0.05, 0) is 16.0 Å². The van der Waals surface area contributed by atoms with Crippen molar-refractivity contribution < 1.29 is 18.1 Å². The highest BCUT2D eigenvalue weighted by atomic mass is 32.2. The third-order valence-corrected chi connectivity index (χ3v) is 3.35. The molecule has 0 aliphatic rings. The van der Waals surface area contributed by atoms with Gasteiger partial charge >= 0.3 is 6.18 Å². The molecule has 11 heteroatoms. The van der Waals surface area contributed by atoms with E-state index in [9.17, 15) is 23.3 Å². The van der Waals surface area contributed by atoms with Crippen LogP contribution >= 0.6 is 11.8 Å². The van der Waals surface area contributed by atoms with Gasteiger partial charge < -0.3 is 0 Å².